The molecule has 0 saturated heterocycles. The van der Waals surface area contributed by atoms with Crippen molar-refractivity contribution in [3.8, 4) is 5.75 Å². The lowest BCUT2D eigenvalue weighted by atomic mass is 9.95. The Morgan fingerprint density at radius 3 is 2.41 bits per heavy atom. The monoisotopic (exact) mass is 416 g/mol. The van der Waals surface area contributed by atoms with Gasteiger partial charge in [-0.1, -0.05) is 36.4 Å². The average molecular weight is 417 g/mol. The van der Waals surface area contributed by atoms with Crippen LogP contribution in [0.2, 0.25) is 0 Å². The van der Waals surface area contributed by atoms with E-state index in [4.69, 9.17) is 4.74 Å². The molecule has 0 aromatic heterocycles. The molecule has 1 amide bonds. The van der Waals surface area contributed by atoms with Crippen LogP contribution in [-0.2, 0) is 34.3 Å². The molecule has 7 heteroatoms. The zero-order valence-corrected chi connectivity index (χ0v) is 17.9. The van der Waals surface area contributed by atoms with Crippen molar-refractivity contribution in [3.05, 3.63) is 65.2 Å². The highest BCUT2D eigenvalue weighted by Gasteiger charge is 2.37. The van der Waals surface area contributed by atoms with Gasteiger partial charge in [0.05, 0.1) is 11.9 Å². The fraction of sp³-hybridized carbons (Fsp3) is 0.409. The van der Waals surface area contributed by atoms with Gasteiger partial charge in [0, 0.05) is 13.1 Å². The highest BCUT2D eigenvalue weighted by Crippen LogP contribution is 2.26. The quantitative estimate of drug-likeness (QED) is 0.753. The maximum atomic E-state index is 12.9. The normalized spacial score (nSPS) is 17.0. The summed E-state index contributed by atoms with van der Waals surface area (Å²) in [5, 5.41) is 2.90. The Hall–Kier alpha value is -2.38. The molecule has 1 atom stereocenters. The maximum Gasteiger partial charge on any atom is 0.239 e. The molecule has 2 aromatic carbocycles. The molecule has 1 aliphatic heterocycles. The minimum atomic E-state index is -3.50. The first kappa shape index (κ1) is 21.3. The van der Waals surface area contributed by atoms with E-state index < -0.39 is 16.1 Å². The maximum absolute atomic E-state index is 12.9. The van der Waals surface area contributed by atoms with Gasteiger partial charge in [-0.05, 0) is 56.0 Å². The van der Waals surface area contributed by atoms with Gasteiger partial charge in [0.1, 0.15) is 11.8 Å². The minimum absolute atomic E-state index is 0.0315. The number of benzene rings is 2. The van der Waals surface area contributed by atoms with Crippen LogP contribution in [0.5, 0.6) is 5.75 Å². The number of nitrogens with zero attached hydrogens (tertiary/aromatic N) is 1. The number of sulfonamides is 1. The van der Waals surface area contributed by atoms with E-state index in [-0.39, 0.29) is 24.3 Å². The van der Waals surface area contributed by atoms with E-state index in [9.17, 15) is 13.2 Å². The molecule has 1 N–H and O–H groups in total. The second kappa shape index (κ2) is 8.97. The molecular weight excluding hydrogens is 388 g/mol. The fourth-order valence-corrected chi connectivity index (χ4v) is 4.67. The lowest BCUT2D eigenvalue weighted by Gasteiger charge is -2.34. The van der Waals surface area contributed by atoms with Crippen LogP contribution >= 0.6 is 0 Å². The van der Waals surface area contributed by atoms with Crippen molar-refractivity contribution in [2.75, 3.05) is 5.75 Å². The number of carbonyl (C=O) groups is 1. The van der Waals surface area contributed by atoms with E-state index in [1.807, 2.05) is 62.4 Å². The molecule has 0 unspecified atom stereocenters. The van der Waals surface area contributed by atoms with E-state index in [1.165, 1.54) is 4.31 Å². The molecule has 0 fully saturated rings. The lowest BCUT2D eigenvalue weighted by Crippen LogP contribution is -2.52. The van der Waals surface area contributed by atoms with Gasteiger partial charge in [-0.15, -0.1) is 0 Å². The number of hydrogen-bond donors (Lipinski definition) is 1. The van der Waals surface area contributed by atoms with Crippen molar-refractivity contribution in [1.29, 1.82) is 0 Å². The van der Waals surface area contributed by atoms with E-state index in [1.54, 1.807) is 6.92 Å². The second-order valence-electron chi connectivity index (χ2n) is 7.46. The summed E-state index contributed by atoms with van der Waals surface area (Å²) in [7, 11) is -3.50. The topological polar surface area (TPSA) is 75.7 Å². The highest BCUT2D eigenvalue weighted by atomic mass is 32.2. The van der Waals surface area contributed by atoms with Crippen LogP contribution in [0, 0.1) is 0 Å². The van der Waals surface area contributed by atoms with Crippen LogP contribution < -0.4 is 10.1 Å². The number of carbonyl (C=O) groups excluding carboxylic acids is 1. The Kier molecular flexibility index (Phi) is 6.59. The summed E-state index contributed by atoms with van der Waals surface area (Å²) < 4.78 is 32.2. The van der Waals surface area contributed by atoms with E-state index in [2.05, 4.69) is 5.32 Å². The first-order chi connectivity index (χ1) is 13.8. The zero-order valence-electron chi connectivity index (χ0n) is 17.1. The van der Waals surface area contributed by atoms with Gasteiger partial charge in [-0.3, -0.25) is 4.79 Å². The summed E-state index contributed by atoms with van der Waals surface area (Å²) in [4.78, 5) is 12.9. The van der Waals surface area contributed by atoms with Crippen LogP contribution in [0.15, 0.2) is 48.5 Å². The Balaban J connectivity index is 1.72. The van der Waals surface area contributed by atoms with Crippen LogP contribution in [0.4, 0.5) is 0 Å². The second-order valence-corrected chi connectivity index (χ2v) is 9.67. The van der Waals surface area contributed by atoms with E-state index in [0.29, 0.717) is 13.0 Å². The molecule has 0 radical (unpaired) electrons. The van der Waals surface area contributed by atoms with Crippen LogP contribution in [0.3, 0.4) is 0 Å². The third-order valence-electron chi connectivity index (χ3n) is 4.99. The number of hydrogen-bond acceptors (Lipinski definition) is 4. The summed E-state index contributed by atoms with van der Waals surface area (Å²) in [5.41, 5.74) is 2.90. The predicted octanol–water partition coefficient (Wildman–Crippen LogP) is 2.87. The number of rotatable bonds is 7. The Bertz CT molecular complexity index is 955. The van der Waals surface area contributed by atoms with Crippen molar-refractivity contribution < 1.29 is 17.9 Å². The third kappa shape index (κ3) is 5.16. The largest absolute Gasteiger partial charge is 0.491 e. The number of ether oxygens (including phenoxy) is 1. The third-order valence-corrected chi connectivity index (χ3v) is 6.82. The molecular formula is C22H28N2O4S. The molecule has 0 bridgehead atoms. The zero-order chi connectivity index (χ0) is 21.0. The van der Waals surface area contributed by atoms with Crippen molar-refractivity contribution >= 4 is 15.9 Å². The van der Waals surface area contributed by atoms with Gasteiger partial charge in [-0.25, -0.2) is 8.42 Å². The fourth-order valence-electron chi connectivity index (χ4n) is 3.45. The van der Waals surface area contributed by atoms with Gasteiger partial charge >= 0.3 is 0 Å². The summed E-state index contributed by atoms with van der Waals surface area (Å²) >= 11 is 0. The number of nitrogens with one attached hydrogen (secondary N) is 1. The van der Waals surface area contributed by atoms with Gasteiger partial charge in [-0.2, -0.15) is 4.31 Å². The molecule has 3 rings (SSSR count). The van der Waals surface area contributed by atoms with Crippen LogP contribution in [0.1, 0.15) is 37.5 Å². The van der Waals surface area contributed by atoms with Crippen molar-refractivity contribution in [2.45, 2.75) is 52.4 Å². The minimum Gasteiger partial charge on any atom is -0.491 e. The van der Waals surface area contributed by atoms with Crippen molar-refractivity contribution in [3.63, 3.8) is 0 Å². The van der Waals surface area contributed by atoms with E-state index in [0.717, 1.165) is 22.4 Å². The van der Waals surface area contributed by atoms with Gasteiger partial charge in [0.2, 0.25) is 15.9 Å². The Labute approximate surface area is 172 Å². The first-order valence-electron chi connectivity index (χ1n) is 9.89. The highest BCUT2D eigenvalue weighted by molar-refractivity contribution is 7.89. The number of fused-ring (bicyclic) bond motifs is 1. The molecule has 156 valence electrons. The van der Waals surface area contributed by atoms with Gasteiger partial charge in [0.15, 0.2) is 0 Å². The van der Waals surface area contributed by atoms with E-state index >= 15 is 0 Å². The molecule has 1 aliphatic rings. The average Bonchev–Trinajstić information content (AvgIpc) is 2.71. The molecule has 0 aliphatic carbocycles. The summed E-state index contributed by atoms with van der Waals surface area (Å²) in [5.74, 6) is 0.467. The van der Waals surface area contributed by atoms with Crippen molar-refractivity contribution in [2.24, 2.45) is 0 Å². The standard InChI is InChI=1S/C22H28N2O4S/c1-4-29(26,27)24-15-19-8-6-5-7-18(19)13-21(24)22(25)23-14-17-9-11-20(12-10-17)28-16(2)3/h5-12,16,21H,4,13-15H2,1-3H3,(H,23,25)/t21-/m0/s1. The molecule has 2 aromatic rings. The first-order valence-corrected chi connectivity index (χ1v) is 11.5. The molecule has 29 heavy (non-hydrogen) atoms. The molecule has 0 saturated carbocycles. The van der Waals surface area contributed by atoms with Gasteiger partial charge < -0.3 is 10.1 Å². The SMILES string of the molecule is CCS(=O)(=O)N1Cc2ccccc2C[C@H]1C(=O)NCc1ccc(OC(C)C)cc1. The summed E-state index contributed by atoms with van der Waals surface area (Å²) in [6.07, 6.45) is 0.476. The summed E-state index contributed by atoms with van der Waals surface area (Å²) in [6.45, 7) is 6.09. The lowest BCUT2D eigenvalue weighted by molar-refractivity contribution is -0.125. The Morgan fingerprint density at radius 1 is 1.14 bits per heavy atom. The predicted molar refractivity (Wildman–Crippen MR) is 113 cm³/mol. The van der Waals surface area contributed by atoms with Crippen molar-refractivity contribution in [1.82, 2.24) is 9.62 Å². The smallest absolute Gasteiger partial charge is 0.239 e. The number of amides is 1. The van der Waals surface area contributed by atoms with Crippen LogP contribution in [0.25, 0.3) is 0 Å². The molecule has 1 heterocycles. The Morgan fingerprint density at radius 2 is 1.79 bits per heavy atom. The van der Waals surface area contributed by atoms with Gasteiger partial charge in [0.25, 0.3) is 0 Å². The summed E-state index contributed by atoms with van der Waals surface area (Å²) in [6, 6.07) is 14.5. The molecule has 6 nitrogen and oxygen atoms in total. The van der Waals surface area contributed by atoms with Crippen LogP contribution in [-0.4, -0.2) is 36.5 Å². The molecule has 0 spiro atoms.